The molecule has 0 spiro atoms. The Morgan fingerprint density at radius 3 is 2.35 bits per heavy atom. The quantitative estimate of drug-likeness (QED) is 0.486. The molecule has 1 amide bonds. The number of hydrogen-bond donors (Lipinski definition) is 3. The van der Waals surface area contributed by atoms with Gasteiger partial charge < -0.3 is 15.3 Å². The first-order valence-electron chi connectivity index (χ1n) is 13.6. The van der Waals surface area contributed by atoms with E-state index in [1.165, 1.54) is 9.58 Å². The maximum atomic E-state index is 13.4. The predicted molar refractivity (Wildman–Crippen MR) is 142 cm³/mol. The van der Waals surface area contributed by atoms with E-state index in [2.05, 4.69) is 24.3 Å². The molecule has 4 rings (SSSR count). The fraction of sp³-hybridized carbons (Fsp3) is 0.552. The van der Waals surface area contributed by atoms with E-state index in [1.54, 1.807) is 13.0 Å². The molecule has 0 saturated heterocycles. The number of aromatic amines is 1. The van der Waals surface area contributed by atoms with Gasteiger partial charge in [-0.2, -0.15) is 0 Å². The number of nitrogens with zero attached hydrogens (tertiary/aromatic N) is 1. The van der Waals surface area contributed by atoms with Crippen LogP contribution in [0.1, 0.15) is 78.0 Å². The van der Waals surface area contributed by atoms with Gasteiger partial charge in [0.25, 0.3) is 5.56 Å². The Bertz CT molecular complexity index is 1270. The molecule has 3 N–H and O–H groups in total. The largest absolute Gasteiger partial charge is 0.871 e. The molecular weight excluding hydrogens is 468 g/mol. The van der Waals surface area contributed by atoms with Crippen LogP contribution in [-0.2, 0) is 15.1 Å². The molecule has 3 aliphatic carbocycles. The van der Waals surface area contributed by atoms with Gasteiger partial charge in [-0.05, 0) is 72.5 Å². The summed E-state index contributed by atoms with van der Waals surface area (Å²) in [6.07, 6.45) is 10.6. The van der Waals surface area contributed by atoms with E-state index in [9.17, 15) is 19.5 Å². The number of carbonyl (C=O) groups is 2. The van der Waals surface area contributed by atoms with Crippen LogP contribution in [0, 0.1) is 12.8 Å². The lowest BCUT2D eigenvalue weighted by Gasteiger charge is -2.34. The number of carbonyl (C=O) groups excluding carboxylic acids is 2. The molecule has 1 saturated carbocycles. The van der Waals surface area contributed by atoms with Crippen molar-refractivity contribution in [1.82, 2.24) is 15.1 Å². The summed E-state index contributed by atoms with van der Waals surface area (Å²) in [6.45, 7) is 13.4. The van der Waals surface area contributed by atoms with Gasteiger partial charge in [-0.25, -0.2) is 4.68 Å². The van der Waals surface area contributed by atoms with Gasteiger partial charge in [0.15, 0.2) is 5.78 Å². The summed E-state index contributed by atoms with van der Waals surface area (Å²) in [6, 6.07) is 0.0285. The Kier molecular flexibility index (Phi) is 7.51. The minimum Gasteiger partial charge on any atom is -0.871 e. The summed E-state index contributed by atoms with van der Waals surface area (Å²) in [7, 11) is 0. The van der Waals surface area contributed by atoms with Crippen LogP contribution in [0.25, 0.3) is 5.57 Å². The zero-order chi connectivity index (χ0) is 27.1. The zero-order valence-electron chi connectivity index (χ0n) is 22.9. The van der Waals surface area contributed by atoms with Crippen molar-refractivity contribution >= 4 is 17.3 Å². The van der Waals surface area contributed by atoms with Crippen LogP contribution in [0.15, 0.2) is 45.6 Å². The lowest BCUT2D eigenvalue weighted by Crippen LogP contribution is -3.14. The highest BCUT2D eigenvalue weighted by Gasteiger charge is 2.37. The van der Waals surface area contributed by atoms with Crippen LogP contribution in [0.4, 0.5) is 0 Å². The molecule has 1 heterocycles. The zero-order valence-corrected chi connectivity index (χ0v) is 22.9. The summed E-state index contributed by atoms with van der Waals surface area (Å²) < 4.78 is 1.45. The van der Waals surface area contributed by atoms with Crippen molar-refractivity contribution in [2.45, 2.75) is 85.2 Å². The van der Waals surface area contributed by atoms with Crippen LogP contribution in [0.5, 0.6) is 0 Å². The summed E-state index contributed by atoms with van der Waals surface area (Å²) in [5, 5.41) is 19.5. The standard InChI is InChI=1S/C29H40N4O4/c1-7-32(8-2)19-13-14-20(21(16-19)30-22(34)15-18-11-9-10-12-18)24-26(35)25(27(24)36)23-17(3)31-33(28(23)37)29(4,5)6/h13-14,16,18-19,31,35H,7-12,15H2,1-6H3,(H,30,34)/b24-20+. The number of Topliss-reactive ketones (excluding diaryl/α,β-unsaturated/α-hetero) is 1. The Labute approximate surface area is 218 Å². The third-order valence-corrected chi connectivity index (χ3v) is 7.88. The van der Waals surface area contributed by atoms with E-state index in [1.807, 2.05) is 32.9 Å². The fourth-order valence-corrected chi connectivity index (χ4v) is 5.77. The Morgan fingerprint density at radius 2 is 1.81 bits per heavy atom. The topological polar surface area (TPSA) is 111 Å². The van der Waals surface area contributed by atoms with Crippen molar-refractivity contribution < 1.29 is 19.6 Å². The monoisotopic (exact) mass is 508 g/mol. The first kappa shape index (κ1) is 26.9. The van der Waals surface area contributed by atoms with Crippen molar-refractivity contribution in [3.63, 3.8) is 0 Å². The second kappa shape index (κ2) is 10.3. The van der Waals surface area contributed by atoms with Crippen LogP contribution < -0.4 is 20.9 Å². The normalized spacial score (nSPS) is 22.6. The molecule has 3 aliphatic rings. The average Bonchev–Trinajstić information content (AvgIpc) is 3.44. The first-order chi connectivity index (χ1) is 17.5. The molecule has 1 atom stereocenters. The van der Waals surface area contributed by atoms with E-state index in [4.69, 9.17) is 0 Å². The number of likely N-dealkylation sites (N-methyl/N-ethyl adjacent to an activating group) is 1. The summed E-state index contributed by atoms with van der Waals surface area (Å²) in [4.78, 5) is 40.8. The number of H-pyrrole nitrogens is 1. The Hall–Kier alpha value is -3.13. The minimum absolute atomic E-state index is 0.0285. The lowest BCUT2D eigenvalue weighted by molar-refractivity contribution is -0.908. The molecular formula is C29H40N4O4. The van der Waals surface area contributed by atoms with E-state index >= 15 is 0 Å². The van der Waals surface area contributed by atoms with Gasteiger partial charge in [0.1, 0.15) is 6.04 Å². The minimum atomic E-state index is -0.523. The third kappa shape index (κ3) is 5.04. The lowest BCUT2D eigenvalue weighted by atomic mass is 9.79. The maximum absolute atomic E-state index is 13.4. The number of amides is 1. The Balaban J connectivity index is 1.73. The summed E-state index contributed by atoms with van der Waals surface area (Å²) in [5.74, 6) is -0.602. The van der Waals surface area contributed by atoms with Gasteiger partial charge in [0.2, 0.25) is 5.91 Å². The molecule has 0 radical (unpaired) electrons. The summed E-state index contributed by atoms with van der Waals surface area (Å²) >= 11 is 0. The molecule has 8 heteroatoms. The second-order valence-corrected chi connectivity index (χ2v) is 11.5. The van der Waals surface area contributed by atoms with Crippen LogP contribution >= 0.6 is 0 Å². The predicted octanol–water partition coefficient (Wildman–Crippen LogP) is 1.63. The molecule has 0 aromatic carbocycles. The molecule has 37 heavy (non-hydrogen) atoms. The van der Waals surface area contributed by atoms with Crippen LogP contribution in [0.3, 0.4) is 0 Å². The average molecular weight is 509 g/mol. The smallest absolute Gasteiger partial charge is 0.275 e. The third-order valence-electron chi connectivity index (χ3n) is 7.88. The van der Waals surface area contributed by atoms with Gasteiger partial charge in [-0.15, -0.1) is 0 Å². The number of allylic oxidation sites excluding steroid dienone is 3. The number of quaternary nitrogens is 1. The first-order valence-corrected chi connectivity index (χ1v) is 13.6. The Morgan fingerprint density at radius 1 is 1.16 bits per heavy atom. The molecule has 0 aliphatic heterocycles. The number of aryl methyl sites for hydroxylation is 1. The second-order valence-electron chi connectivity index (χ2n) is 11.5. The highest BCUT2D eigenvalue weighted by atomic mass is 16.3. The highest BCUT2D eigenvalue weighted by Crippen LogP contribution is 2.39. The van der Waals surface area contributed by atoms with Crippen LogP contribution in [-0.4, -0.2) is 40.6 Å². The highest BCUT2D eigenvalue weighted by molar-refractivity contribution is 6.39. The molecule has 1 aromatic rings. The van der Waals surface area contributed by atoms with Gasteiger partial charge >= 0.3 is 0 Å². The van der Waals surface area contributed by atoms with Gasteiger partial charge in [-0.1, -0.05) is 18.6 Å². The molecule has 200 valence electrons. The van der Waals surface area contributed by atoms with Crippen molar-refractivity contribution in [3.8, 4) is 0 Å². The van der Waals surface area contributed by atoms with Gasteiger partial charge in [0.05, 0.1) is 29.9 Å². The summed E-state index contributed by atoms with van der Waals surface area (Å²) in [5.41, 5.74) is 0.635. The van der Waals surface area contributed by atoms with Crippen molar-refractivity contribution in [1.29, 1.82) is 0 Å². The van der Waals surface area contributed by atoms with E-state index < -0.39 is 17.1 Å². The molecule has 0 bridgehead atoms. The maximum Gasteiger partial charge on any atom is 0.275 e. The number of nitrogens with one attached hydrogen (secondary N) is 3. The SMILES string of the molecule is CC[NH+](CC)C1C=C/C(=C2\C(=O)C(c3c(C)[nH]n(C(C)(C)C)c3=O)=C2[O-])C(NC(=O)CC2CCCC2)=C1. The van der Waals surface area contributed by atoms with E-state index in [0.717, 1.165) is 38.8 Å². The number of hydrogen-bond acceptors (Lipinski definition) is 4. The fourth-order valence-electron chi connectivity index (χ4n) is 5.77. The van der Waals surface area contributed by atoms with Gasteiger partial charge in [0, 0.05) is 34.9 Å². The van der Waals surface area contributed by atoms with Crippen molar-refractivity contribution in [2.24, 2.45) is 5.92 Å². The number of rotatable bonds is 7. The molecule has 8 nitrogen and oxygen atoms in total. The molecule has 1 aromatic heterocycles. The molecule has 1 unspecified atom stereocenters. The van der Waals surface area contributed by atoms with Crippen molar-refractivity contribution in [2.75, 3.05) is 13.1 Å². The van der Waals surface area contributed by atoms with E-state index in [0.29, 0.717) is 29.3 Å². The number of aromatic nitrogens is 2. The van der Waals surface area contributed by atoms with E-state index in [-0.39, 0.29) is 34.2 Å². The van der Waals surface area contributed by atoms with Gasteiger partial charge in [-0.3, -0.25) is 19.5 Å². The van der Waals surface area contributed by atoms with Crippen LogP contribution in [0.2, 0.25) is 0 Å². The van der Waals surface area contributed by atoms with Crippen molar-refractivity contribution in [3.05, 3.63) is 62.4 Å². The number of ketones is 1. The molecule has 1 fully saturated rings.